The molecule has 6 aromatic rings. The lowest BCUT2D eigenvalue weighted by Crippen LogP contribution is -2.13. The third kappa shape index (κ3) is 3.80. The van der Waals surface area contributed by atoms with Crippen molar-refractivity contribution >= 4 is 32.3 Å². The van der Waals surface area contributed by atoms with Crippen LogP contribution in [0.2, 0.25) is 0 Å². The summed E-state index contributed by atoms with van der Waals surface area (Å²) in [5.74, 6) is 0. The molecule has 2 nitrogen and oxygen atoms in total. The van der Waals surface area contributed by atoms with Crippen LogP contribution in [-0.4, -0.2) is 0 Å². The van der Waals surface area contributed by atoms with Crippen LogP contribution in [0.5, 0.6) is 0 Å². The Morgan fingerprint density at radius 1 is 0.526 bits per heavy atom. The molecule has 0 unspecified atom stereocenters. The van der Waals surface area contributed by atoms with E-state index < -0.39 is 0 Å². The predicted octanol–water partition coefficient (Wildman–Crippen LogP) is 9.52. The highest BCUT2D eigenvalue weighted by Crippen LogP contribution is 2.46. The second-order valence-corrected chi connectivity index (χ2v) is 10.9. The van der Waals surface area contributed by atoms with Crippen LogP contribution < -0.4 is 0 Å². The Morgan fingerprint density at radius 3 is 1.82 bits per heavy atom. The third-order valence-corrected chi connectivity index (χ3v) is 7.36. The fraction of sp³-hybridized carbons (Fsp3) is 0.111. The van der Waals surface area contributed by atoms with Gasteiger partial charge in [0.2, 0.25) is 0 Å². The van der Waals surface area contributed by atoms with Crippen LogP contribution in [0, 0.1) is 22.7 Å². The van der Waals surface area contributed by atoms with E-state index in [-0.39, 0.29) is 5.41 Å². The van der Waals surface area contributed by atoms with Crippen molar-refractivity contribution in [3.05, 3.63) is 120 Å². The van der Waals surface area contributed by atoms with Gasteiger partial charge in [0.25, 0.3) is 0 Å². The molecule has 6 aromatic carbocycles. The summed E-state index contributed by atoms with van der Waals surface area (Å²) in [4.78, 5) is 0. The molecule has 0 heterocycles. The van der Waals surface area contributed by atoms with Crippen LogP contribution in [0.4, 0.5) is 0 Å². The van der Waals surface area contributed by atoms with Crippen LogP contribution in [-0.2, 0) is 5.41 Å². The summed E-state index contributed by atoms with van der Waals surface area (Å²) in [6, 6.07) is 40.2. The molecule has 0 radical (unpaired) electrons. The van der Waals surface area contributed by atoms with Crippen molar-refractivity contribution in [1.29, 1.82) is 10.5 Å². The molecule has 180 valence electrons. The monoisotopic (exact) mass is 486 g/mol. The van der Waals surface area contributed by atoms with E-state index in [9.17, 15) is 10.5 Å². The van der Waals surface area contributed by atoms with Crippen LogP contribution in [0.25, 0.3) is 54.6 Å². The standard InChI is InChI=1S/C36H26N2/c1-36(2,3)35-32-13-7-6-12-30(32)34(29-14-8-10-25-9-4-5-11-28(25)29)31-16-15-26(20-33(31)35)27-18-23(21-37)17-24(19-27)22-38/h4-20H,1-3H3. The lowest BCUT2D eigenvalue weighted by molar-refractivity contribution is 0.601. The molecule has 0 aliphatic carbocycles. The molecule has 0 saturated heterocycles. The van der Waals surface area contributed by atoms with Crippen LogP contribution in [0.15, 0.2) is 103 Å². The van der Waals surface area contributed by atoms with Gasteiger partial charge >= 0.3 is 0 Å². The van der Waals surface area contributed by atoms with Gasteiger partial charge in [-0.25, -0.2) is 0 Å². The van der Waals surface area contributed by atoms with Gasteiger partial charge in [0.05, 0.1) is 23.3 Å². The number of fused-ring (bicyclic) bond motifs is 3. The molecule has 0 bridgehead atoms. The first kappa shape index (κ1) is 23.5. The average molecular weight is 487 g/mol. The molecule has 2 heteroatoms. The number of nitrogens with zero attached hydrogens (tertiary/aromatic N) is 2. The highest BCUT2D eigenvalue weighted by Gasteiger charge is 2.24. The molecular formula is C36H26N2. The second-order valence-electron chi connectivity index (χ2n) is 10.9. The maximum absolute atomic E-state index is 9.56. The Hall–Kier alpha value is -4.92. The van der Waals surface area contributed by atoms with Crippen LogP contribution in [0.3, 0.4) is 0 Å². The average Bonchev–Trinajstić information content (AvgIpc) is 2.94. The molecule has 0 atom stereocenters. The first-order chi connectivity index (χ1) is 18.4. The zero-order valence-electron chi connectivity index (χ0n) is 21.7. The summed E-state index contributed by atoms with van der Waals surface area (Å²) in [6.07, 6.45) is 0. The lowest BCUT2D eigenvalue weighted by Gasteiger charge is -2.27. The quantitative estimate of drug-likeness (QED) is 0.229. The molecule has 0 fully saturated rings. The van der Waals surface area contributed by atoms with Crippen molar-refractivity contribution in [2.24, 2.45) is 0 Å². The fourth-order valence-electron chi connectivity index (χ4n) is 5.82. The summed E-state index contributed by atoms with van der Waals surface area (Å²) in [6.45, 7) is 6.80. The number of benzene rings is 6. The maximum atomic E-state index is 9.56. The van der Waals surface area contributed by atoms with E-state index in [1.54, 1.807) is 6.07 Å². The molecule has 38 heavy (non-hydrogen) atoms. The number of nitriles is 2. The Bertz CT molecular complexity index is 1940. The highest BCUT2D eigenvalue weighted by atomic mass is 14.3. The van der Waals surface area contributed by atoms with E-state index in [0.29, 0.717) is 11.1 Å². The van der Waals surface area contributed by atoms with E-state index in [1.807, 2.05) is 12.1 Å². The minimum absolute atomic E-state index is 0.111. The van der Waals surface area contributed by atoms with Gasteiger partial charge in [0, 0.05) is 0 Å². The molecular weight excluding hydrogens is 460 g/mol. The Balaban J connectivity index is 1.78. The van der Waals surface area contributed by atoms with E-state index in [2.05, 4.69) is 118 Å². The molecule has 0 aliphatic rings. The highest BCUT2D eigenvalue weighted by molar-refractivity contribution is 6.19. The van der Waals surface area contributed by atoms with Crippen molar-refractivity contribution < 1.29 is 0 Å². The van der Waals surface area contributed by atoms with Crippen molar-refractivity contribution in [2.45, 2.75) is 26.2 Å². The zero-order valence-corrected chi connectivity index (χ0v) is 21.7. The summed E-state index contributed by atoms with van der Waals surface area (Å²) in [5.41, 5.74) is 6.49. The summed E-state index contributed by atoms with van der Waals surface area (Å²) in [7, 11) is 0. The molecule has 0 aromatic heterocycles. The van der Waals surface area contributed by atoms with Crippen molar-refractivity contribution in [3.63, 3.8) is 0 Å². The third-order valence-electron chi connectivity index (χ3n) is 7.36. The van der Waals surface area contributed by atoms with E-state index in [0.717, 1.165) is 11.1 Å². The normalized spacial score (nSPS) is 11.5. The topological polar surface area (TPSA) is 47.6 Å². The van der Waals surface area contributed by atoms with Gasteiger partial charge in [-0.2, -0.15) is 10.5 Å². The molecule has 0 N–H and O–H groups in total. The van der Waals surface area contributed by atoms with Crippen molar-refractivity contribution in [3.8, 4) is 34.4 Å². The van der Waals surface area contributed by atoms with Gasteiger partial charge in [-0.1, -0.05) is 99.6 Å². The fourth-order valence-corrected chi connectivity index (χ4v) is 5.82. The Morgan fingerprint density at radius 2 is 1.13 bits per heavy atom. The van der Waals surface area contributed by atoms with Crippen molar-refractivity contribution in [2.75, 3.05) is 0 Å². The van der Waals surface area contributed by atoms with Gasteiger partial charge < -0.3 is 0 Å². The summed E-state index contributed by atoms with van der Waals surface area (Å²) < 4.78 is 0. The summed E-state index contributed by atoms with van der Waals surface area (Å²) >= 11 is 0. The van der Waals surface area contributed by atoms with Crippen LogP contribution in [0.1, 0.15) is 37.5 Å². The van der Waals surface area contributed by atoms with Gasteiger partial charge in [-0.3, -0.25) is 0 Å². The molecule has 6 rings (SSSR count). The number of hydrogen-bond donors (Lipinski definition) is 0. The predicted molar refractivity (Wildman–Crippen MR) is 158 cm³/mol. The minimum Gasteiger partial charge on any atom is -0.192 e. The first-order valence-corrected chi connectivity index (χ1v) is 12.8. The maximum Gasteiger partial charge on any atom is 0.0992 e. The first-order valence-electron chi connectivity index (χ1n) is 12.8. The van der Waals surface area contributed by atoms with Gasteiger partial charge in [-0.05, 0) is 89.8 Å². The molecule has 0 amide bonds. The Kier molecular flexibility index (Phi) is 5.48. The van der Waals surface area contributed by atoms with Gasteiger partial charge in [-0.15, -0.1) is 0 Å². The minimum atomic E-state index is -0.111. The zero-order chi connectivity index (χ0) is 26.4. The van der Waals surface area contributed by atoms with E-state index >= 15 is 0 Å². The van der Waals surface area contributed by atoms with Gasteiger partial charge in [0.1, 0.15) is 0 Å². The smallest absolute Gasteiger partial charge is 0.0992 e. The number of hydrogen-bond acceptors (Lipinski definition) is 2. The largest absolute Gasteiger partial charge is 0.192 e. The van der Waals surface area contributed by atoms with Crippen LogP contribution >= 0.6 is 0 Å². The SMILES string of the molecule is CC(C)(C)c1c2ccccc2c(-c2cccc3ccccc23)c2ccc(-c3cc(C#N)cc(C#N)c3)cc12. The Labute approximate surface area is 223 Å². The van der Waals surface area contributed by atoms with E-state index in [4.69, 9.17) is 0 Å². The van der Waals surface area contributed by atoms with Gasteiger partial charge in [0.15, 0.2) is 0 Å². The lowest BCUT2D eigenvalue weighted by atomic mass is 9.77. The number of rotatable bonds is 2. The molecule has 0 saturated carbocycles. The van der Waals surface area contributed by atoms with E-state index in [1.165, 1.54) is 49.0 Å². The van der Waals surface area contributed by atoms with Crippen molar-refractivity contribution in [1.82, 2.24) is 0 Å². The molecule has 0 spiro atoms. The summed E-state index contributed by atoms with van der Waals surface area (Å²) in [5, 5.41) is 26.4. The molecule has 0 aliphatic heterocycles. The second kappa shape index (κ2) is 8.88.